The lowest BCUT2D eigenvalue weighted by Crippen LogP contribution is -2.61. The number of hydrogen-bond donors (Lipinski definition) is 0. The SMILES string of the molecule is COC(=O)CCC(C)[C@H]1CCC2C3C(N=O)CC4CC(N=O)CC[C@]4(C)C3CC(N=O)[C@@]21C. The molecule has 0 heterocycles. The zero-order valence-corrected chi connectivity index (χ0v) is 20.4. The molecule has 0 amide bonds. The average molecular weight is 462 g/mol. The minimum atomic E-state index is -0.304. The Balaban J connectivity index is 1.65. The number of nitrogens with zero attached hydrogens (tertiary/aromatic N) is 3. The summed E-state index contributed by atoms with van der Waals surface area (Å²) < 4.78 is 4.83. The van der Waals surface area contributed by atoms with Crippen molar-refractivity contribution in [3.05, 3.63) is 14.7 Å². The number of esters is 1. The van der Waals surface area contributed by atoms with Crippen LogP contribution < -0.4 is 0 Å². The molecule has 4 saturated carbocycles. The topological polar surface area (TPSA) is 115 Å². The van der Waals surface area contributed by atoms with Crippen LogP contribution in [0.15, 0.2) is 15.5 Å². The van der Waals surface area contributed by atoms with Gasteiger partial charge < -0.3 is 4.74 Å². The normalized spacial score (nSPS) is 47.4. The highest BCUT2D eigenvalue weighted by Gasteiger charge is 2.67. The standard InChI is InChI=1S/C25H39N3O5/c1-14(5-8-22(29)33-4)17-6-7-18-23-19(13-21(28-32)25(17,18)3)24(2)10-9-16(26-30)11-15(24)12-20(23)27-31/h14-21,23H,5-13H2,1-4H3/t14?,15?,16?,17-,18?,19?,20?,21?,23?,24+,25-/m1/s1. The van der Waals surface area contributed by atoms with E-state index >= 15 is 0 Å². The van der Waals surface area contributed by atoms with Crippen LogP contribution in [0, 0.1) is 61.1 Å². The molecule has 4 rings (SSSR count). The first-order valence-electron chi connectivity index (χ1n) is 12.8. The van der Waals surface area contributed by atoms with E-state index < -0.39 is 0 Å². The maximum Gasteiger partial charge on any atom is 0.305 e. The molecule has 0 spiro atoms. The van der Waals surface area contributed by atoms with Crippen molar-refractivity contribution in [2.75, 3.05) is 7.11 Å². The maximum atomic E-state index is 12.3. The molecule has 0 aromatic rings. The molecule has 0 aliphatic heterocycles. The number of hydrogen-bond acceptors (Lipinski definition) is 8. The van der Waals surface area contributed by atoms with E-state index in [9.17, 15) is 19.5 Å². The van der Waals surface area contributed by atoms with E-state index in [0.29, 0.717) is 12.8 Å². The Morgan fingerprint density at radius 3 is 2.39 bits per heavy atom. The molecule has 8 heteroatoms. The minimum Gasteiger partial charge on any atom is -0.469 e. The molecule has 4 fully saturated rings. The lowest BCUT2D eigenvalue weighted by molar-refractivity contribution is -0.142. The molecule has 33 heavy (non-hydrogen) atoms. The molecule has 184 valence electrons. The number of rotatable bonds is 7. The fourth-order valence-corrected chi connectivity index (χ4v) is 9.15. The van der Waals surface area contributed by atoms with Crippen LogP contribution in [0.25, 0.3) is 0 Å². The Kier molecular flexibility index (Phi) is 6.76. The summed E-state index contributed by atoms with van der Waals surface area (Å²) in [7, 11) is 1.41. The summed E-state index contributed by atoms with van der Waals surface area (Å²) in [6.45, 7) is 6.71. The molecular weight excluding hydrogens is 422 g/mol. The van der Waals surface area contributed by atoms with Gasteiger partial charge >= 0.3 is 5.97 Å². The largest absolute Gasteiger partial charge is 0.469 e. The van der Waals surface area contributed by atoms with Crippen molar-refractivity contribution in [1.82, 2.24) is 0 Å². The first kappa shape index (κ1) is 24.4. The van der Waals surface area contributed by atoms with Gasteiger partial charge in [-0.05, 0) is 97.7 Å². The first-order chi connectivity index (χ1) is 15.7. The maximum absolute atomic E-state index is 12.3. The number of carbonyl (C=O) groups is 1. The lowest BCUT2D eigenvalue weighted by Gasteiger charge is -2.62. The van der Waals surface area contributed by atoms with Crippen LogP contribution in [0.5, 0.6) is 0 Å². The van der Waals surface area contributed by atoms with Gasteiger partial charge in [0.15, 0.2) is 0 Å². The van der Waals surface area contributed by atoms with Gasteiger partial charge in [0.2, 0.25) is 0 Å². The smallest absolute Gasteiger partial charge is 0.305 e. The number of carbonyl (C=O) groups excluding carboxylic acids is 1. The Morgan fingerprint density at radius 2 is 1.76 bits per heavy atom. The fourth-order valence-electron chi connectivity index (χ4n) is 9.15. The highest BCUT2D eigenvalue weighted by Crippen LogP contribution is 2.69. The van der Waals surface area contributed by atoms with E-state index in [1.807, 2.05) is 0 Å². The lowest BCUT2D eigenvalue weighted by atomic mass is 9.42. The predicted molar refractivity (Wildman–Crippen MR) is 125 cm³/mol. The molecule has 0 radical (unpaired) electrons. The highest BCUT2D eigenvalue weighted by atomic mass is 16.5. The average Bonchev–Trinajstić information content (AvgIpc) is 3.18. The summed E-state index contributed by atoms with van der Waals surface area (Å²) >= 11 is 0. The molecule has 8 nitrogen and oxygen atoms in total. The summed E-state index contributed by atoms with van der Waals surface area (Å²) in [5.74, 6) is 1.19. The predicted octanol–water partition coefficient (Wildman–Crippen LogP) is 5.86. The summed E-state index contributed by atoms with van der Waals surface area (Å²) in [5, 5.41) is 10.7. The second kappa shape index (κ2) is 9.14. The van der Waals surface area contributed by atoms with Crippen molar-refractivity contribution < 1.29 is 9.53 Å². The third-order valence-corrected chi connectivity index (χ3v) is 11.0. The fraction of sp³-hybridized carbons (Fsp3) is 0.960. The van der Waals surface area contributed by atoms with Crippen LogP contribution in [0.3, 0.4) is 0 Å². The molecular formula is C25H39N3O5. The molecule has 4 aliphatic carbocycles. The molecule has 0 aromatic carbocycles. The molecule has 0 N–H and O–H groups in total. The van der Waals surface area contributed by atoms with Gasteiger partial charge in [0, 0.05) is 6.42 Å². The van der Waals surface area contributed by atoms with Crippen LogP contribution in [0.2, 0.25) is 0 Å². The van der Waals surface area contributed by atoms with Gasteiger partial charge in [0.1, 0.15) is 0 Å². The van der Waals surface area contributed by atoms with E-state index in [1.54, 1.807) is 0 Å². The van der Waals surface area contributed by atoms with E-state index in [4.69, 9.17) is 4.74 Å². The quantitative estimate of drug-likeness (QED) is 0.348. The molecule has 4 aliphatic rings. The molecule has 0 aromatic heterocycles. The van der Waals surface area contributed by atoms with Crippen molar-refractivity contribution in [1.29, 1.82) is 0 Å². The zero-order chi connectivity index (χ0) is 24.0. The second-order valence-electron chi connectivity index (χ2n) is 11.9. The molecule has 8 unspecified atom stereocenters. The Hall–Kier alpha value is -1.73. The van der Waals surface area contributed by atoms with Gasteiger partial charge in [-0.1, -0.05) is 36.3 Å². The number of nitroso groups, excluding NO2 is 3. The van der Waals surface area contributed by atoms with E-state index in [2.05, 4.69) is 36.3 Å². The van der Waals surface area contributed by atoms with Crippen molar-refractivity contribution in [2.45, 2.75) is 96.7 Å². The number of ether oxygens (including phenoxy) is 1. The molecule has 11 atom stereocenters. The Labute approximate surface area is 196 Å². The Bertz CT molecular complexity index is 792. The summed E-state index contributed by atoms with van der Waals surface area (Å²) in [4.78, 5) is 47.4. The van der Waals surface area contributed by atoms with Gasteiger partial charge in [-0.15, -0.1) is 0 Å². The van der Waals surface area contributed by atoms with Crippen LogP contribution in [-0.4, -0.2) is 31.2 Å². The van der Waals surface area contributed by atoms with Crippen molar-refractivity contribution in [3.63, 3.8) is 0 Å². The number of methoxy groups -OCH3 is 1. The van der Waals surface area contributed by atoms with Gasteiger partial charge in [0.05, 0.1) is 25.2 Å². The van der Waals surface area contributed by atoms with Crippen LogP contribution in [-0.2, 0) is 9.53 Å². The van der Waals surface area contributed by atoms with E-state index in [0.717, 1.165) is 44.9 Å². The number of fused-ring (bicyclic) bond motifs is 5. The third-order valence-electron chi connectivity index (χ3n) is 11.0. The van der Waals surface area contributed by atoms with E-state index in [-0.39, 0.29) is 70.4 Å². The summed E-state index contributed by atoms with van der Waals surface area (Å²) in [6.07, 6.45) is 6.91. The zero-order valence-electron chi connectivity index (χ0n) is 20.4. The summed E-state index contributed by atoms with van der Waals surface area (Å²) in [5.41, 5.74) is -0.294. The van der Waals surface area contributed by atoms with Gasteiger partial charge in [-0.3, -0.25) is 4.79 Å². The Morgan fingerprint density at radius 1 is 1.00 bits per heavy atom. The summed E-state index contributed by atoms with van der Waals surface area (Å²) in [6, 6.07) is -0.756. The van der Waals surface area contributed by atoms with Gasteiger partial charge in [-0.25, -0.2) is 0 Å². The monoisotopic (exact) mass is 461 g/mol. The molecule has 0 bridgehead atoms. The van der Waals surface area contributed by atoms with Gasteiger partial charge in [-0.2, -0.15) is 14.7 Å². The third kappa shape index (κ3) is 3.75. The van der Waals surface area contributed by atoms with Crippen molar-refractivity contribution >= 4 is 5.97 Å². The van der Waals surface area contributed by atoms with Gasteiger partial charge in [0.25, 0.3) is 0 Å². The van der Waals surface area contributed by atoms with Crippen molar-refractivity contribution in [2.24, 2.45) is 61.9 Å². The molecule has 0 saturated heterocycles. The van der Waals surface area contributed by atoms with E-state index in [1.165, 1.54) is 7.11 Å². The van der Waals surface area contributed by atoms with Crippen LogP contribution in [0.4, 0.5) is 0 Å². The van der Waals surface area contributed by atoms with Crippen molar-refractivity contribution in [3.8, 4) is 0 Å². The first-order valence-corrected chi connectivity index (χ1v) is 12.8. The van der Waals surface area contributed by atoms with Crippen LogP contribution >= 0.6 is 0 Å². The minimum absolute atomic E-state index is 0.00803. The van der Waals surface area contributed by atoms with Crippen LogP contribution in [0.1, 0.15) is 78.6 Å². The second-order valence-corrected chi connectivity index (χ2v) is 11.9. The highest BCUT2D eigenvalue weighted by molar-refractivity contribution is 5.69.